The monoisotopic (exact) mass is 315 g/mol. The first-order chi connectivity index (χ1) is 10.4. The highest BCUT2D eigenvalue weighted by atomic mass is 32.2. The predicted molar refractivity (Wildman–Crippen MR) is 91.2 cm³/mol. The lowest BCUT2D eigenvalue weighted by Crippen LogP contribution is -2.19. The number of thiophene rings is 1. The minimum absolute atomic E-state index is 0.993. The van der Waals surface area contributed by atoms with E-state index in [-0.39, 0.29) is 0 Å². The summed E-state index contributed by atoms with van der Waals surface area (Å²) in [5, 5.41) is 10.0. The Morgan fingerprint density at radius 1 is 1.10 bits per heavy atom. The first-order valence-electron chi connectivity index (χ1n) is 6.98. The third-order valence-corrected chi connectivity index (χ3v) is 4.93. The molecule has 5 heteroatoms. The normalized spacial score (nSPS) is 11.0. The fraction of sp³-hybridized carbons (Fsp3) is 0.250. The highest BCUT2D eigenvalue weighted by Crippen LogP contribution is 2.23. The largest absolute Gasteiger partial charge is 0.316 e. The van der Waals surface area contributed by atoms with Crippen molar-refractivity contribution in [3.8, 4) is 0 Å². The van der Waals surface area contributed by atoms with Crippen molar-refractivity contribution >= 4 is 34.0 Å². The number of aromatic nitrogens is 2. The van der Waals surface area contributed by atoms with Crippen molar-refractivity contribution in [1.29, 1.82) is 0 Å². The summed E-state index contributed by atoms with van der Waals surface area (Å²) < 4.78 is 0. The number of nitrogens with one attached hydrogen (secondary N) is 1. The molecule has 0 radical (unpaired) electrons. The average molecular weight is 315 g/mol. The van der Waals surface area contributed by atoms with E-state index < -0.39 is 0 Å². The topological polar surface area (TPSA) is 37.8 Å². The van der Waals surface area contributed by atoms with Crippen molar-refractivity contribution in [2.45, 2.75) is 11.4 Å². The van der Waals surface area contributed by atoms with Gasteiger partial charge in [0.05, 0.1) is 5.52 Å². The molecule has 21 heavy (non-hydrogen) atoms. The van der Waals surface area contributed by atoms with Crippen LogP contribution in [0.4, 0.5) is 0 Å². The molecular formula is C16H17N3S2. The van der Waals surface area contributed by atoms with E-state index in [4.69, 9.17) is 0 Å². The minimum atomic E-state index is 0.993. The van der Waals surface area contributed by atoms with E-state index in [1.54, 1.807) is 29.4 Å². The van der Waals surface area contributed by atoms with E-state index in [1.165, 1.54) is 5.56 Å². The highest BCUT2D eigenvalue weighted by molar-refractivity contribution is 7.99. The molecule has 0 spiro atoms. The third kappa shape index (κ3) is 4.03. The molecule has 0 atom stereocenters. The summed E-state index contributed by atoms with van der Waals surface area (Å²) in [5.41, 5.74) is 2.43. The van der Waals surface area contributed by atoms with Crippen molar-refractivity contribution in [2.24, 2.45) is 0 Å². The zero-order valence-corrected chi connectivity index (χ0v) is 13.3. The molecule has 1 aromatic carbocycles. The van der Waals surface area contributed by atoms with Gasteiger partial charge in [-0.2, -0.15) is 11.3 Å². The van der Waals surface area contributed by atoms with Gasteiger partial charge < -0.3 is 5.32 Å². The molecule has 0 aliphatic rings. The summed E-state index contributed by atoms with van der Waals surface area (Å²) in [6, 6.07) is 10.3. The number of hydrogen-bond donors (Lipinski definition) is 1. The molecule has 2 aromatic heterocycles. The van der Waals surface area contributed by atoms with Gasteiger partial charge in [-0.15, -0.1) is 11.8 Å². The Labute approximate surface area is 132 Å². The van der Waals surface area contributed by atoms with Gasteiger partial charge in [-0.3, -0.25) is 0 Å². The molecular weight excluding hydrogens is 298 g/mol. The number of para-hydroxylation sites is 1. The van der Waals surface area contributed by atoms with Crippen molar-refractivity contribution in [2.75, 3.05) is 18.8 Å². The second-order valence-electron chi connectivity index (χ2n) is 4.68. The average Bonchev–Trinajstić information content (AvgIpc) is 3.04. The number of nitrogens with zero attached hydrogens (tertiary/aromatic N) is 2. The molecule has 108 valence electrons. The van der Waals surface area contributed by atoms with E-state index in [9.17, 15) is 0 Å². The quantitative estimate of drug-likeness (QED) is 0.410. The maximum atomic E-state index is 4.39. The fourth-order valence-electron chi connectivity index (χ4n) is 2.11. The Morgan fingerprint density at radius 2 is 2.05 bits per heavy atom. The van der Waals surface area contributed by atoms with Gasteiger partial charge in [0.2, 0.25) is 0 Å². The summed E-state index contributed by atoms with van der Waals surface area (Å²) in [7, 11) is 0. The van der Waals surface area contributed by atoms with Crippen molar-refractivity contribution in [1.82, 2.24) is 15.3 Å². The van der Waals surface area contributed by atoms with Crippen molar-refractivity contribution < 1.29 is 0 Å². The van der Waals surface area contributed by atoms with Crippen molar-refractivity contribution in [3.05, 3.63) is 53.0 Å². The number of benzene rings is 1. The Hall–Kier alpha value is -1.43. The molecule has 0 saturated carbocycles. The van der Waals surface area contributed by atoms with E-state index in [1.807, 2.05) is 18.2 Å². The van der Waals surface area contributed by atoms with Crippen LogP contribution in [0.15, 0.2) is 52.4 Å². The zero-order chi connectivity index (χ0) is 14.3. The van der Waals surface area contributed by atoms with Gasteiger partial charge in [-0.05, 0) is 41.4 Å². The molecule has 0 amide bonds. The van der Waals surface area contributed by atoms with Crippen LogP contribution in [0.25, 0.3) is 10.9 Å². The maximum absolute atomic E-state index is 4.39. The van der Waals surface area contributed by atoms with Crippen LogP contribution < -0.4 is 5.32 Å². The molecule has 0 aliphatic heterocycles. The lowest BCUT2D eigenvalue weighted by atomic mass is 10.2. The van der Waals surface area contributed by atoms with Crippen LogP contribution in [0.5, 0.6) is 0 Å². The third-order valence-electron chi connectivity index (χ3n) is 3.19. The Bertz CT molecular complexity index is 678. The van der Waals surface area contributed by atoms with Crippen LogP contribution in [0.1, 0.15) is 5.56 Å². The van der Waals surface area contributed by atoms with Gasteiger partial charge >= 0.3 is 0 Å². The lowest BCUT2D eigenvalue weighted by molar-refractivity contribution is 0.722. The molecule has 0 fully saturated rings. The van der Waals surface area contributed by atoms with Gasteiger partial charge in [0.15, 0.2) is 0 Å². The van der Waals surface area contributed by atoms with Crippen LogP contribution in [0.2, 0.25) is 0 Å². The van der Waals surface area contributed by atoms with E-state index in [0.717, 1.165) is 41.2 Å². The first-order valence-corrected chi connectivity index (χ1v) is 8.90. The Kier molecular flexibility index (Phi) is 5.21. The molecule has 3 rings (SSSR count). The number of thioether (sulfide) groups is 1. The molecule has 3 nitrogen and oxygen atoms in total. The molecule has 0 saturated heterocycles. The second kappa shape index (κ2) is 7.54. The molecule has 0 bridgehead atoms. The second-order valence-corrected chi connectivity index (χ2v) is 6.54. The first kappa shape index (κ1) is 14.5. The van der Waals surface area contributed by atoms with Crippen LogP contribution in [0, 0.1) is 0 Å². The van der Waals surface area contributed by atoms with Crippen LogP contribution in [-0.4, -0.2) is 28.8 Å². The van der Waals surface area contributed by atoms with Crippen LogP contribution in [0.3, 0.4) is 0 Å². The van der Waals surface area contributed by atoms with Gasteiger partial charge in [0.1, 0.15) is 11.4 Å². The van der Waals surface area contributed by atoms with E-state index >= 15 is 0 Å². The summed E-state index contributed by atoms with van der Waals surface area (Å²) in [6.07, 6.45) is 2.75. The summed E-state index contributed by atoms with van der Waals surface area (Å²) in [5.74, 6) is 1.02. The van der Waals surface area contributed by atoms with E-state index in [2.05, 4.69) is 38.2 Å². The fourth-order valence-corrected chi connectivity index (χ4v) is 3.70. The van der Waals surface area contributed by atoms with Crippen LogP contribution >= 0.6 is 23.1 Å². The molecule has 3 aromatic rings. The Morgan fingerprint density at radius 3 is 2.95 bits per heavy atom. The summed E-state index contributed by atoms with van der Waals surface area (Å²) in [4.78, 5) is 8.68. The maximum Gasteiger partial charge on any atom is 0.117 e. The van der Waals surface area contributed by atoms with Crippen molar-refractivity contribution in [3.63, 3.8) is 0 Å². The smallest absolute Gasteiger partial charge is 0.117 e. The van der Waals surface area contributed by atoms with Gasteiger partial charge in [-0.1, -0.05) is 18.2 Å². The van der Waals surface area contributed by atoms with Gasteiger partial charge in [0.25, 0.3) is 0 Å². The lowest BCUT2D eigenvalue weighted by Gasteiger charge is -2.05. The number of hydrogen-bond acceptors (Lipinski definition) is 5. The molecule has 0 unspecified atom stereocenters. The number of fused-ring (bicyclic) bond motifs is 1. The molecule has 1 N–H and O–H groups in total. The highest BCUT2D eigenvalue weighted by Gasteiger charge is 2.03. The van der Waals surface area contributed by atoms with E-state index in [0.29, 0.717) is 0 Å². The molecule has 2 heterocycles. The summed E-state index contributed by atoms with van der Waals surface area (Å²) >= 11 is 3.55. The number of rotatable bonds is 7. The summed E-state index contributed by atoms with van der Waals surface area (Å²) in [6.45, 7) is 2.02. The standard InChI is InChI=1S/C16H17N3S2/c1-2-4-15-14(3-1)16(19-12-18-15)21-10-8-17-7-5-13-6-9-20-11-13/h1-4,6,9,11-12,17H,5,7-8,10H2. The zero-order valence-electron chi connectivity index (χ0n) is 11.7. The Balaban J connectivity index is 1.44. The SMILES string of the molecule is c1ccc2c(SCCNCCc3ccsc3)ncnc2c1. The minimum Gasteiger partial charge on any atom is -0.316 e. The van der Waals surface area contributed by atoms with Crippen LogP contribution in [-0.2, 0) is 6.42 Å². The predicted octanol–water partition coefficient (Wildman–Crippen LogP) is 3.62. The molecule has 0 aliphatic carbocycles. The van der Waals surface area contributed by atoms with Gasteiger partial charge in [-0.25, -0.2) is 9.97 Å². The van der Waals surface area contributed by atoms with Gasteiger partial charge in [0, 0.05) is 17.7 Å².